The smallest absolute Gasteiger partial charge is 0.425 e. The van der Waals surface area contributed by atoms with Gasteiger partial charge in [-0.05, 0) is 45.1 Å². The number of rotatable bonds is 3. The van der Waals surface area contributed by atoms with Gasteiger partial charge in [0.05, 0.1) is 23.4 Å². The lowest BCUT2D eigenvalue weighted by Gasteiger charge is -2.33. The molecule has 138 valence electrons. The molecule has 25 heavy (non-hydrogen) atoms. The molecule has 1 saturated heterocycles. The molecule has 1 saturated carbocycles. The molecule has 1 unspecified atom stereocenters. The van der Waals surface area contributed by atoms with Gasteiger partial charge in [-0.1, -0.05) is 0 Å². The summed E-state index contributed by atoms with van der Waals surface area (Å²) in [5.74, 6) is -0.116. The van der Waals surface area contributed by atoms with Crippen molar-refractivity contribution in [3.8, 4) is 5.88 Å². The topological polar surface area (TPSA) is 62.7 Å². The molecular formula is C17H21F3N2O3. The van der Waals surface area contributed by atoms with E-state index in [9.17, 15) is 23.1 Å². The van der Waals surface area contributed by atoms with Crippen molar-refractivity contribution < 1.29 is 27.8 Å². The third-order valence-corrected chi connectivity index (χ3v) is 5.22. The minimum Gasteiger partial charge on any atom is -0.465 e. The van der Waals surface area contributed by atoms with E-state index in [0.29, 0.717) is 37.9 Å². The summed E-state index contributed by atoms with van der Waals surface area (Å²) in [6.45, 7) is 1.47. The number of anilines is 1. The van der Waals surface area contributed by atoms with Crippen LogP contribution in [0.1, 0.15) is 39.0 Å². The average molecular weight is 358 g/mol. The fourth-order valence-corrected chi connectivity index (χ4v) is 3.54. The molecule has 1 atom stereocenters. The summed E-state index contributed by atoms with van der Waals surface area (Å²) < 4.78 is 42.3. The Morgan fingerprint density at radius 3 is 2.56 bits per heavy atom. The number of hydrogen-bond acceptors (Lipinski definition) is 4. The van der Waals surface area contributed by atoms with Crippen LogP contribution >= 0.6 is 0 Å². The van der Waals surface area contributed by atoms with Gasteiger partial charge in [0.1, 0.15) is 0 Å². The maximum Gasteiger partial charge on any atom is 0.425 e. The summed E-state index contributed by atoms with van der Waals surface area (Å²) >= 11 is 0. The summed E-state index contributed by atoms with van der Waals surface area (Å²) in [6.07, 6.45) is -2.06. The highest BCUT2D eigenvalue weighted by atomic mass is 19.4. The molecule has 1 aromatic rings. The first-order valence-electron chi connectivity index (χ1n) is 8.41. The highest BCUT2D eigenvalue weighted by Gasteiger charge is 2.48. The van der Waals surface area contributed by atoms with E-state index in [2.05, 4.69) is 4.98 Å². The highest BCUT2D eigenvalue weighted by Crippen LogP contribution is 2.46. The Labute approximate surface area is 143 Å². The van der Waals surface area contributed by atoms with Crippen LogP contribution in [0, 0.1) is 5.41 Å². The van der Waals surface area contributed by atoms with Crippen LogP contribution in [0.4, 0.5) is 18.9 Å². The number of nitrogens with zero attached hydrogens (tertiary/aromatic N) is 2. The molecule has 1 spiro atoms. The van der Waals surface area contributed by atoms with Crippen LogP contribution in [0.15, 0.2) is 18.3 Å². The van der Waals surface area contributed by atoms with Gasteiger partial charge in [0.15, 0.2) is 6.10 Å². The maximum absolute atomic E-state index is 12.8. The van der Waals surface area contributed by atoms with Crippen LogP contribution in [0.5, 0.6) is 5.88 Å². The molecule has 5 nitrogen and oxygen atoms in total. The standard InChI is InChI=1S/C17H21F3N2O3/c1-11(17(18,19)20)25-14-3-2-12(10-21-14)22-9-8-16(15(22)24)6-4-13(23)5-7-16/h2-3,10-11,13,23H,4-9H2,1H3. The molecule has 2 heterocycles. The highest BCUT2D eigenvalue weighted by molar-refractivity contribution is 5.99. The van der Waals surface area contributed by atoms with Crippen molar-refractivity contribution in [1.29, 1.82) is 0 Å². The number of aliphatic hydroxyl groups excluding tert-OH is 1. The first kappa shape index (κ1) is 18.0. The van der Waals surface area contributed by atoms with Crippen molar-refractivity contribution in [2.45, 2.75) is 57.4 Å². The Kier molecular flexibility index (Phi) is 4.66. The Balaban J connectivity index is 1.68. The summed E-state index contributed by atoms with van der Waals surface area (Å²) in [5, 5.41) is 9.65. The number of pyridine rings is 1. The number of halogens is 3. The molecule has 3 rings (SSSR count). The van der Waals surface area contributed by atoms with Gasteiger partial charge >= 0.3 is 6.18 Å². The molecular weight excluding hydrogens is 337 g/mol. The summed E-state index contributed by atoms with van der Waals surface area (Å²) in [6, 6.07) is 2.90. The predicted octanol–water partition coefficient (Wildman–Crippen LogP) is 3.07. The van der Waals surface area contributed by atoms with Gasteiger partial charge in [0.25, 0.3) is 0 Å². The number of carbonyl (C=O) groups excluding carboxylic acids is 1. The number of aromatic nitrogens is 1. The zero-order valence-corrected chi connectivity index (χ0v) is 13.9. The number of aliphatic hydroxyl groups is 1. The lowest BCUT2D eigenvalue weighted by Crippen LogP contribution is -2.38. The van der Waals surface area contributed by atoms with E-state index in [4.69, 9.17) is 4.74 Å². The Morgan fingerprint density at radius 1 is 1.32 bits per heavy atom. The molecule has 8 heteroatoms. The number of amides is 1. The second-order valence-electron chi connectivity index (χ2n) is 6.87. The van der Waals surface area contributed by atoms with E-state index in [0.717, 1.165) is 13.3 Å². The first-order valence-corrected chi connectivity index (χ1v) is 8.41. The fraction of sp³-hybridized carbons (Fsp3) is 0.647. The van der Waals surface area contributed by atoms with Crippen LogP contribution in [0.2, 0.25) is 0 Å². The van der Waals surface area contributed by atoms with Crippen molar-refractivity contribution in [2.24, 2.45) is 5.41 Å². The molecule has 1 aromatic heterocycles. The quantitative estimate of drug-likeness (QED) is 0.902. The monoisotopic (exact) mass is 358 g/mol. The number of hydrogen-bond donors (Lipinski definition) is 1. The lowest BCUT2D eigenvalue weighted by molar-refractivity contribution is -0.189. The van der Waals surface area contributed by atoms with E-state index in [-0.39, 0.29) is 17.9 Å². The van der Waals surface area contributed by atoms with Crippen LogP contribution in [-0.2, 0) is 4.79 Å². The molecule has 1 N–H and O–H groups in total. The van der Waals surface area contributed by atoms with E-state index in [1.165, 1.54) is 12.3 Å². The van der Waals surface area contributed by atoms with Crippen LogP contribution < -0.4 is 9.64 Å². The molecule has 1 aliphatic heterocycles. The Morgan fingerprint density at radius 2 is 2.00 bits per heavy atom. The van der Waals surface area contributed by atoms with Gasteiger partial charge in [-0.25, -0.2) is 4.98 Å². The van der Waals surface area contributed by atoms with Crippen molar-refractivity contribution >= 4 is 11.6 Å². The molecule has 0 radical (unpaired) electrons. The minimum absolute atomic E-state index is 0.0125. The molecule has 1 amide bonds. The summed E-state index contributed by atoms with van der Waals surface area (Å²) in [5.41, 5.74) is 0.138. The van der Waals surface area contributed by atoms with Crippen molar-refractivity contribution in [3.05, 3.63) is 18.3 Å². The molecule has 1 aliphatic carbocycles. The number of alkyl halides is 3. The Bertz CT molecular complexity index is 625. The van der Waals surface area contributed by atoms with Gasteiger partial charge in [0.2, 0.25) is 11.8 Å². The summed E-state index contributed by atoms with van der Waals surface area (Å²) in [7, 11) is 0. The second kappa shape index (κ2) is 6.48. The molecule has 0 aromatic carbocycles. The normalized spacial score (nSPS) is 28.4. The fourth-order valence-electron chi connectivity index (χ4n) is 3.54. The van der Waals surface area contributed by atoms with Crippen molar-refractivity contribution in [2.75, 3.05) is 11.4 Å². The SMILES string of the molecule is CC(Oc1ccc(N2CCC3(CCC(O)CC3)C2=O)cn1)C(F)(F)F. The third kappa shape index (κ3) is 3.58. The maximum atomic E-state index is 12.8. The zero-order chi connectivity index (χ0) is 18.2. The largest absolute Gasteiger partial charge is 0.465 e. The average Bonchev–Trinajstić information content (AvgIpc) is 2.87. The molecule has 0 bridgehead atoms. The first-order chi connectivity index (χ1) is 11.7. The van der Waals surface area contributed by atoms with Gasteiger partial charge in [-0.15, -0.1) is 0 Å². The second-order valence-corrected chi connectivity index (χ2v) is 6.87. The van der Waals surface area contributed by atoms with Gasteiger partial charge < -0.3 is 14.7 Å². The van der Waals surface area contributed by atoms with Crippen LogP contribution in [-0.4, -0.2) is 40.9 Å². The third-order valence-electron chi connectivity index (χ3n) is 5.22. The molecule has 2 fully saturated rings. The Hall–Kier alpha value is -1.83. The van der Waals surface area contributed by atoms with Crippen molar-refractivity contribution in [3.63, 3.8) is 0 Å². The number of carbonyl (C=O) groups is 1. The van der Waals surface area contributed by atoms with Crippen LogP contribution in [0.3, 0.4) is 0 Å². The van der Waals surface area contributed by atoms with Gasteiger partial charge in [0, 0.05) is 12.6 Å². The number of ether oxygens (including phenoxy) is 1. The zero-order valence-electron chi connectivity index (χ0n) is 13.9. The van der Waals surface area contributed by atoms with Gasteiger partial charge in [-0.3, -0.25) is 4.79 Å². The lowest BCUT2D eigenvalue weighted by atomic mass is 9.72. The molecule has 2 aliphatic rings. The van der Waals surface area contributed by atoms with Crippen LogP contribution in [0.25, 0.3) is 0 Å². The van der Waals surface area contributed by atoms with Crippen molar-refractivity contribution in [1.82, 2.24) is 4.98 Å². The van der Waals surface area contributed by atoms with Gasteiger partial charge in [-0.2, -0.15) is 13.2 Å². The minimum atomic E-state index is -4.46. The van der Waals surface area contributed by atoms with E-state index in [1.807, 2.05) is 0 Å². The summed E-state index contributed by atoms with van der Waals surface area (Å²) in [4.78, 5) is 18.3. The van der Waals surface area contributed by atoms with E-state index >= 15 is 0 Å². The van der Waals surface area contributed by atoms with E-state index < -0.39 is 17.7 Å². The predicted molar refractivity (Wildman–Crippen MR) is 84.3 cm³/mol. The van der Waals surface area contributed by atoms with E-state index in [1.54, 1.807) is 11.0 Å².